The fraction of sp³-hybridized carbons (Fsp3) is 0.308. The molecule has 4 rings (SSSR count). The molecule has 0 unspecified atom stereocenters. The molecule has 0 atom stereocenters. The van der Waals surface area contributed by atoms with Crippen LogP contribution in [-0.4, -0.2) is 23.7 Å². The molecule has 0 spiro atoms. The number of hydrogen-bond donors (Lipinski definition) is 0. The molecule has 0 amide bonds. The third-order valence-corrected chi connectivity index (χ3v) is 23.8. The Kier molecular flexibility index (Phi) is 13.3. The van der Waals surface area contributed by atoms with Crippen LogP contribution in [0.3, 0.4) is 0 Å². The van der Waals surface area contributed by atoms with Crippen molar-refractivity contribution in [3.63, 3.8) is 0 Å². The number of rotatable bonds is 2. The van der Waals surface area contributed by atoms with Crippen LogP contribution < -0.4 is 0 Å². The fourth-order valence-corrected chi connectivity index (χ4v) is 33.0. The third-order valence-electron chi connectivity index (χ3n) is 4.27. The molecule has 0 N–H and O–H groups in total. The SMILES string of the molecule is C[Si](C)(C)[Si][Si](C)(C)C.Cc1cc2ccccc2[cH-]1.Cc1cc2ccccc2[cH-]1.[Cl][Zr+2][Cl]. The minimum atomic E-state index is -0.826. The summed E-state index contributed by atoms with van der Waals surface area (Å²) in [5, 5.41) is 5.39. The Balaban J connectivity index is 0.000000227. The van der Waals surface area contributed by atoms with Gasteiger partial charge in [0, 0.05) is 23.7 Å². The van der Waals surface area contributed by atoms with E-state index in [1.807, 2.05) is 0 Å². The van der Waals surface area contributed by atoms with E-state index < -0.39 is 36.0 Å². The zero-order valence-corrected chi connectivity index (χ0v) is 27.7. The van der Waals surface area contributed by atoms with Gasteiger partial charge in [0.1, 0.15) is 0 Å². The third kappa shape index (κ3) is 12.9. The van der Waals surface area contributed by atoms with E-state index in [0.29, 0.717) is 0 Å². The molecule has 0 fully saturated rings. The Bertz CT molecular complexity index is 906. The fourth-order valence-electron chi connectivity index (χ4n) is 3.74. The van der Waals surface area contributed by atoms with Gasteiger partial charge in [0.2, 0.25) is 0 Å². The van der Waals surface area contributed by atoms with E-state index in [9.17, 15) is 0 Å². The molecule has 0 nitrogen and oxygen atoms in total. The van der Waals surface area contributed by atoms with Gasteiger partial charge in [-0.25, -0.2) is 0 Å². The quantitative estimate of drug-likeness (QED) is 0.160. The zero-order chi connectivity index (χ0) is 24.4. The average Bonchev–Trinajstić information content (AvgIpc) is 3.20. The second kappa shape index (κ2) is 14.2. The van der Waals surface area contributed by atoms with Gasteiger partial charge in [0.25, 0.3) is 0 Å². The van der Waals surface area contributed by atoms with Crippen molar-refractivity contribution in [1.29, 1.82) is 0 Å². The van der Waals surface area contributed by atoms with Crippen molar-refractivity contribution in [2.75, 3.05) is 0 Å². The summed E-state index contributed by atoms with van der Waals surface area (Å²) < 4.78 is 0. The standard InChI is InChI=1S/2C10H9.C6H18Si3.2ClH.Zr/c2*1-8-6-9-4-2-3-5-10(9)7-8;1-8(2,3)7-9(4,5)6;;;/h2*2-7H,1H3;1-6H3;2*1H;/q2*-1;;;;+4/p-2. The summed E-state index contributed by atoms with van der Waals surface area (Å²) in [5.74, 6) is 0. The van der Waals surface area contributed by atoms with Gasteiger partial charge in [0.15, 0.2) is 0 Å². The molecule has 32 heavy (non-hydrogen) atoms. The first-order valence-electron chi connectivity index (χ1n) is 10.8. The van der Waals surface area contributed by atoms with Crippen LogP contribution in [0.25, 0.3) is 21.5 Å². The number of benzene rings is 2. The normalized spacial score (nSPS) is 10.8. The van der Waals surface area contributed by atoms with Crippen LogP contribution in [0, 0.1) is 13.8 Å². The maximum atomic E-state index is 4.93. The van der Waals surface area contributed by atoms with Crippen LogP contribution in [0.15, 0.2) is 72.8 Å². The Morgan fingerprint density at radius 3 is 1.22 bits per heavy atom. The van der Waals surface area contributed by atoms with Gasteiger partial charge >= 0.3 is 37.9 Å². The summed E-state index contributed by atoms with van der Waals surface area (Å²) in [6.07, 6.45) is 0. The molecule has 0 saturated carbocycles. The van der Waals surface area contributed by atoms with Gasteiger partial charge in [-0.2, -0.15) is 12.1 Å². The van der Waals surface area contributed by atoms with Gasteiger partial charge in [-0.1, -0.05) is 65.3 Å². The number of fused-ring (bicyclic) bond motifs is 2. The molecule has 0 aliphatic rings. The molecule has 0 aromatic heterocycles. The molecule has 0 bridgehead atoms. The van der Waals surface area contributed by atoms with E-state index in [1.165, 1.54) is 41.2 Å². The molecule has 4 aromatic rings. The molecule has 6 heteroatoms. The molecule has 4 aromatic carbocycles. The zero-order valence-electron chi connectivity index (χ0n) is 20.7. The topological polar surface area (TPSA) is 0 Å². The number of halogens is 2. The minimum absolute atomic E-state index is 0.703. The van der Waals surface area contributed by atoms with Crippen molar-refractivity contribution < 1.29 is 20.8 Å². The number of hydrogen-bond acceptors (Lipinski definition) is 0. The first-order chi connectivity index (χ1) is 14.8. The predicted octanol–water partition coefficient (Wildman–Crippen LogP) is 9.47. The predicted molar refractivity (Wildman–Crippen MR) is 153 cm³/mol. The Hall–Kier alpha value is -0.226. The van der Waals surface area contributed by atoms with E-state index in [-0.39, 0.29) is 0 Å². The monoisotopic (exact) mass is 592 g/mol. The summed E-state index contributed by atoms with van der Waals surface area (Å²) in [4.78, 5) is 0. The van der Waals surface area contributed by atoms with Crippen LogP contribution >= 0.6 is 17.0 Å². The van der Waals surface area contributed by atoms with Crippen molar-refractivity contribution in [2.45, 2.75) is 53.1 Å². The van der Waals surface area contributed by atoms with Crippen LogP contribution in [0.5, 0.6) is 0 Å². The molecule has 0 aliphatic heterocycles. The molecule has 0 heterocycles. The van der Waals surface area contributed by atoms with Gasteiger partial charge in [0.05, 0.1) is 0 Å². The Morgan fingerprint density at radius 2 is 0.969 bits per heavy atom. The van der Waals surface area contributed by atoms with Crippen molar-refractivity contribution in [3.8, 4) is 0 Å². The van der Waals surface area contributed by atoms with Crippen LogP contribution in [0.4, 0.5) is 0 Å². The van der Waals surface area contributed by atoms with E-state index >= 15 is 0 Å². The summed E-state index contributed by atoms with van der Waals surface area (Å²) >= 11 is -0.826. The first kappa shape index (κ1) is 29.8. The van der Waals surface area contributed by atoms with E-state index in [1.54, 1.807) is 0 Å². The van der Waals surface area contributed by atoms with Crippen LogP contribution in [-0.2, 0) is 20.8 Å². The second-order valence-corrected chi connectivity index (χ2v) is 35.0. The van der Waals surface area contributed by atoms with E-state index in [4.69, 9.17) is 17.0 Å². The van der Waals surface area contributed by atoms with Gasteiger partial charge in [-0.05, 0) is 0 Å². The summed E-state index contributed by atoms with van der Waals surface area (Å²) in [6, 6.07) is 25.7. The van der Waals surface area contributed by atoms with Gasteiger partial charge in [-0.15, -0.1) is 81.2 Å². The average molecular weight is 595 g/mol. The van der Waals surface area contributed by atoms with E-state index in [2.05, 4.69) is 126 Å². The number of aryl methyl sites for hydroxylation is 2. The summed E-state index contributed by atoms with van der Waals surface area (Å²) in [5.41, 5.74) is 2.70. The Morgan fingerprint density at radius 1 is 0.656 bits per heavy atom. The molecule has 170 valence electrons. The molecular weight excluding hydrogens is 559 g/mol. The Labute approximate surface area is 218 Å². The summed E-state index contributed by atoms with van der Waals surface area (Å²) in [6.45, 7) is 19.1. The maximum absolute atomic E-state index is 4.93. The van der Waals surface area contributed by atoms with Gasteiger partial charge < -0.3 is 0 Å². The molecule has 0 saturated heterocycles. The second-order valence-electron chi connectivity index (χ2n) is 10.0. The molecule has 0 aliphatic carbocycles. The van der Waals surface area contributed by atoms with Gasteiger partial charge in [-0.3, -0.25) is 0 Å². The van der Waals surface area contributed by atoms with Crippen molar-refractivity contribution in [2.24, 2.45) is 0 Å². The summed E-state index contributed by atoms with van der Waals surface area (Å²) in [7, 11) is 9.79. The molecular formula is C26H36Cl2Si3Zr. The van der Waals surface area contributed by atoms with E-state index in [0.717, 1.165) is 0 Å². The van der Waals surface area contributed by atoms with Crippen molar-refractivity contribution in [1.82, 2.24) is 0 Å². The molecule has 2 radical (unpaired) electrons. The van der Waals surface area contributed by atoms with Crippen LogP contribution in [0.2, 0.25) is 39.3 Å². The van der Waals surface area contributed by atoms with Crippen molar-refractivity contribution >= 4 is 62.3 Å². The van der Waals surface area contributed by atoms with Crippen LogP contribution in [0.1, 0.15) is 11.1 Å². The van der Waals surface area contributed by atoms with Crippen molar-refractivity contribution in [3.05, 3.63) is 83.9 Å². The first-order valence-corrected chi connectivity index (χ1v) is 27.2.